The van der Waals surface area contributed by atoms with Crippen LogP contribution in [0.4, 0.5) is 0 Å². The van der Waals surface area contributed by atoms with Crippen molar-refractivity contribution in [3.63, 3.8) is 0 Å². The van der Waals surface area contributed by atoms with Gasteiger partial charge in [0.1, 0.15) is 5.78 Å². The molecule has 2 N–H and O–H groups in total. The van der Waals surface area contributed by atoms with Crippen LogP contribution in [0.3, 0.4) is 0 Å². The third-order valence-electron chi connectivity index (χ3n) is 3.22. The van der Waals surface area contributed by atoms with Crippen molar-refractivity contribution < 1.29 is 9.53 Å². The van der Waals surface area contributed by atoms with Crippen LogP contribution in [0, 0.1) is 11.8 Å². The van der Waals surface area contributed by atoms with Gasteiger partial charge in [-0.1, -0.05) is 6.92 Å². The van der Waals surface area contributed by atoms with Crippen LogP contribution >= 0.6 is 0 Å². The third kappa shape index (κ3) is 4.76. The van der Waals surface area contributed by atoms with Crippen molar-refractivity contribution in [2.45, 2.75) is 39.0 Å². The Kier molecular flexibility index (Phi) is 5.88. The maximum absolute atomic E-state index is 11.8. The second kappa shape index (κ2) is 6.96. The maximum atomic E-state index is 11.8. The van der Waals surface area contributed by atoms with Crippen molar-refractivity contribution in [3.8, 4) is 0 Å². The Hall–Kier alpha value is -0.410. The molecule has 0 amide bonds. The number of ketones is 1. The molecule has 3 nitrogen and oxygen atoms in total. The number of ether oxygens (including phenoxy) is 1. The highest BCUT2D eigenvalue weighted by molar-refractivity contribution is 5.81. The molecule has 0 saturated carbocycles. The molecule has 1 heterocycles. The first-order valence-electron chi connectivity index (χ1n) is 6.04. The first kappa shape index (κ1) is 12.7. The van der Waals surface area contributed by atoms with E-state index in [2.05, 4.69) is 6.92 Å². The molecule has 1 fully saturated rings. The number of hydrogen-bond acceptors (Lipinski definition) is 3. The third-order valence-corrected chi connectivity index (χ3v) is 3.22. The van der Waals surface area contributed by atoms with Gasteiger partial charge in [-0.05, 0) is 38.1 Å². The number of Topliss-reactive ketones (excluding diaryl/α,β-unsaturated/α-hetero) is 1. The summed E-state index contributed by atoms with van der Waals surface area (Å²) < 4.78 is 5.25. The lowest BCUT2D eigenvalue weighted by Gasteiger charge is -2.21. The van der Waals surface area contributed by atoms with E-state index in [1.807, 2.05) is 0 Å². The average Bonchev–Trinajstić information content (AvgIpc) is 2.27. The molecule has 0 radical (unpaired) electrons. The van der Waals surface area contributed by atoms with Crippen LogP contribution in [-0.2, 0) is 9.53 Å². The summed E-state index contributed by atoms with van der Waals surface area (Å²) in [4.78, 5) is 11.8. The molecule has 15 heavy (non-hydrogen) atoms. The monoisotopic (exact) mass is 213 g/mol. The van der Waals surface area contributed by atoms with Gasteiger partial charge in [-0.15, -0.1) is 0 Å². The van der Waals surface area contributed by atoms with Crippen LogP contribution in [0.5, 0.6) is 0 Å². The van der Waals surface area contributed by atoms with E-state index in [-0.39, 0.29) is 5.92 Å². The molecule has 3 heteroatoms. The lowest BCUT2D eigenvalue weighted by Crippen LogP contribution is -2.23. The van der Waals surface area contributed by atoms with E-state index >= 15 is 0 Å². The smallest absolute Gasteiger partial charge is 0.136 e. The molecule has 0 aromatic heterocycles. The molecule has 1 saturated heterocycles. The quantitative estimate of drug-likeness (QED) is 0.731. The van der Waals surface area contributed by atoms with Gasteiger partial charge < -0.3 is 10.5 Å². The SMILES string of the molecule is CC(CCN)CCC(=O)C1CCOCC1. The highest BCUT2D eigenvalue weighted by Crippen LogP contribution is 2.19. The summed E-state index contributed by atoms with van der Waals surface area (Å²) in [6, 6.07) is 0. The van der Waals surface area contributed by atoms with Gasteiger partial charge in [0.2, 0.25) is 0 Å². The Morgan fingerprint density at radius 1 is 1.40 bits per heavy atom. The summed E-state index contributed by atoms with van der Waals surface area (Å²) in [6.45, 7) is 4.42. The molecule has 1 unspecified atom stereocenters. The summed E-state index contributed by atoms with van der Waals surface area (Å²) in [5, 5.41) is 0. The zero-order chi connectivity index (χ0) is 11.1. The highest BCUT2D eigenvalue weighted by atomic mass is 16.5. The van der Waals surface area contributed by atoms with E-state index in [9.17, 15) is 4.79 Å². The van der Waals surface area contributed by atoms with E-state index in [4.69, 9.17) is 10.5 Å². The molecule has 1 aliphatic heterocycles. The first-order chi connectivity index (χ1) is 7.24. The van der Waals surface area contributed by atoms with E-state index in [0.717, 1.165) is 51.9 Å². The summed E-state index contributed by atoms with van der Waals surface area (Å²) in [5.41, 5.74) is 5.48. The average molecular weight is 213 g/mol. The standard InChI is InChI=1S/C12H23NO2/c1-10(4-7-13)2-3-12(14)11-5-8-15-9-6-11/h10-11H,2-9,13H2,1H3. The van der Waals surface area contributed by atoms with Gasteiger partial charge in [0, 0.05) is 25.6 Å². The van der Waals surface area contributed by atoms with Crippen molar-refractivity contribution in [2.75, 3.05) is 19.8 Å². The molecular formula is C12H23NO2. The number of rotatable bonds is 6. The van der Waals surface area contributed by atoms with Crippen LogP contribution in [0.2, 0.25) is 0 Å². The Morgan fingerprint density at radius 3 is 2.67 bits per heavy atom. The van der Waals surface area contributed by atoms with Crippen molar-refractivity contribution in [3.05, 3.63) is 0 Å². The predicted molar refractivity (Wildman–Crippen MR) is 60.6 cm³/mol. The Bertz CT molecular complexity index is 188. The predicted octanol–water partition coefficient (Wildman–Crippen LogP) is 1.75. The Labute approximate surface area is 92.4 Å². The topological polar surface area (TPSA) is 52.3 Å². The fraction of sp³-hybridized carbons (Fsp3) is 0.917. The summed E-state index contributed by atoms with van der Waals surface area (Å²) >= 11 is 0. The molecule has 0 aliphatic carbocycles. The largest absolute Gasteiger partial charge is 0.381 e. The zero-order valence-corrected chi connectivity index (χ0v) is 9.71. The summed E-state index contributed by atoms with van der Waals surface area (Å²) in [6.07, 6.45) is 4.59. The van der Waals surface area contributed by atoms with E-state index in [1.165, 1.54) is 0 Å². The molecular weight excluding hydrogens is 190 g/mol. The van der Waals surface area contributed by atoms with Gasteiger partial charge >= 0.3 is 0 Å². The fourth-order valence-corrected chi connectivity index (χ4v) is 2.04. The minimum atomic E-state index is 0.267. The molecule has 1 rings (SSSR count). The van der Waals surface area contributed by atoms with Gasteiger partial charge in [0.05, 0.1) is 0 Å². The molecule has 0 bridgehead atoms. The number of nitrogens with two attached hydrogens (primary N) is 1. The minimum absolute atomic E-state index is 0.267. The van der Waals surface area contributed by atoms with Gasteiger partial charge in [0.15, 0.2) is 0 Å². The van der Waals surface area contributed by atoms with Crippen LogP contribution in [-0.4, -0.2) is 25.5 Å². The minimum Gasteiger partial charge on any atom is -0.381 e. The number of hydrogen-bond donors (Lipinski definition) is 1. The van der Waals surface area contributed by atoms with Crippen molar-refractivity contribution >= 4 is 5.78 Å². The second-order valence-electron chi connectivity index (χ2n) is 4.57. The highest BCUT2D eigenvalue weighted by Gasteiger charge is 2.21. The normalized spacial score (nSPS) is 20.1. The van der Waals surface area contributed by atoms with Gasteiger partial charge in [0.25, 0.3) is 0 Å². The fourth-order valence-electron chi connectivity index (χ4n) is 2.04. The van der Waals surface area contributed by atoms with Crippen LogP contribution < -0.4 is 5.73 Å². The molecule has 0 aromatic carbocycles. The first-order valence-corrected chi connectivity index (χ1v) is 6.04. The summed E-state index contributed by atoms with van der Waals surface area (Å²) in [5.74, 6) is 1.28. The lowest BCUT2D eigenvalue weighted by atomic mass is 9.90. The van der Waals surface area contributed by atoms with E-state index in [0.29, 0.717) is 11.7 Å². The molecule has 0 aromatic rings. The second-order valence-corrected chi connectivity index (χ2v) is 4.57. The van der Waals surface area contributed by atoms with Gasteiger partial charge in [-0.25, -0.2) is 0 Å². The molecule has 1 atom stereocenters. The van der Waals surface area contributed by atoms with Gasteiger partial charge in [-0.2, -0.15) is 0 Å². The Balaban J connectivity index is 2.16. The van der Waals surface area contributed by atoms with Crippen LogP contribution in [0.1, 0.15) is 39.0 Å². The maximum Gasteiger partial charge on any atom is 0.136 e. The van der Waals surface area contributed by atoms with Gasteiger partial charge in [-0.3, -0.25) is 4.79 Å². The number of carbonyl (C=O) groups excluding carboxylic acids is 1. The van der Waals surface area contributed by atoms with Crippen molar-refractivity contribution in [1.29, 1.82) is 0 Å². The summed E-state index contributed by atoms with van der Waals surface area (Å²) in [7, 11) is 0. The van der Waals surface area contributed by atoms with Crippen molar-refractivity contribution in [1.82, 2.24) is 0 Å². The molecule has 0 spiro atoms. The lowest BCUT2D eigenvalue weighted by molar-refractivity contribution is -0.125. The molecule has 1 aliphatic rings. The van der Waals surface area contributed by atoms with Crippen LogP contribution in [0.25, 0.3) is 0 Å². The Morgan fingerprint density at radius 2 is 2.07 bits per heavy atom. The number of carbonyl (C=O) groups is 1. The van der Waals surface area contributed by atoms with E-state index in [1.54, 1.807) is 0 Å². The van der Waals surface area contributed by atoms with Crippen LogP contribution in [0.15, 0.2) is 0 Å². The molecule has 88 valence electrons. The van der Waals surface area contributed by atoms with E-state index < -0.39 is 0 Å². The zero-order valence-electron chi connectivity index (χ0n) is 9.71. The van der Waals surface area contributed by atoms with Crippen molar-refractivity contribution in [2.24, 2.45) is 17.6 Å².